The first-order chi connectivity index (χ1) is 15.9. The Kier molecular flexibility index (Phi) is 6.03. The van der Waals surface area contributed by atoms with Gasteiger partial charge in [0.15, 0.2) is 0 Å². The van der Waals surface area contributed by atoms with Crippen LogP contribution in [0.2, 0.25) is 0 Å². The molecule has 9 nitrogen and oxygen atoms in total. The van der Waals surface area contributed by atoms with Gasteiger partial charge in [-0.05, 0) is 25.0 Å². The van der Waals surface area contributed by atoms with E-state index in [4.69, 9.17) is 11.5 Å². The third-order valence-electron chi connectivity index (χ3n) is 5.86. The fourth-order valence-electron chi connectivity index (χ4n) is 3.78. The number of nitrogens with zero attached hydrogens (tertiary/aromatic N) is 5. The fourth-order valence-corrected chi connectivity index (χ4v) is 3.78. The predicted molar refractivity (Wildman–Crippen MR) is 127 cm³/mol. The number of amides is 1. The minimum atomic E-state index is -0.664. The molecule has 4 rings (SSSR count). The minimum Gasteiger partial charge on any atom is -0.404 e. The number of nitrogens with two attached hydrogens (primary N) is 2. The number of hydrogen-bond donors (Lipinski definition) is 3. The van der Waals surface area contributed by atoms with E-state index >= 15 is 0 Å². The number of pyridine rings is 1. The number of allylic oxidation sites excluding steroid dienone is 3. The molecule has 3 aromatic heterocycles. The molecule has 0 unspecified atom stereocenters. The fraction of sp³-hybridized carbons (Fsp3) is 0.208. The summed E-state index contributed by atoms with van der Waals surface area (Å²) in [6.45, 7) is 3.97. The largest absolute Gasteiger partial charge is 0.404 e. The van der Waals surface area contributed by atoms with Gasteiger partial charge in [-0.25, -0.2) is 9.97 Å². The third-order valence-corrected chi connectivity index (χ3v) is 5.86. The van der Waals surface area contributed by atoms with E-state index in [0.717, 1.165) is 47.2 Å². The Hall–Kier alpha value is -4.27. The summed E-state index contributed by atoms with van der Waals surface area (Å²) in [4.78, 5) is 25.8. The van der Waals surface area contributed by atoms with Crippen LogP contribution in [0.4, 0.5) is 5.95 Å². The molecule has 33 heavy (non-hydrogen) atoms. The van der Waals surface area contributed by atoms with Crippen molar-refractivity contribution >= 4 is 17.4 Å². The van der Waals surface area contributed by atoms with Gasteiger partial charge < -0.3 is 16.8 Å². The van der Waals surface area contributed by atoms with Crippen LogP contribution in [0.1, 0.15) is 30.5 Å². The van der Waals surface area contributed by atoms with Gasteiger partial charge in [0.05, 0.1) is 17.3 Å². The monoisotopic (exact) mass is 442 g/mol. The highest BCUT2D eigenvalue weighted by atomic mass is 16.2. The number of aryl methyl sites for hydroxylation is 1. The van der Waals surface area contributed by atoms with Crippen molar-refractivity contribution in [1.82, 2.24) is 30.0 Å². The van der Waals surface area contributed by atoms with E-state index in [9.17, 15) is 4.79 Å². The lowest BCUT2D eigenvalue weighted by atomic mass is 9.65. The standard InChI is InChI=1S/C24H26N8O/c1-16(4-5-17(10-25)20-14-30-32(2)15-20)31-22(33)24(8-3-9-24)21-7-6-18(11-27-21)19-12-28-23(26)29-13-19/h4-7,10-15H,1,3,8-9,25H2,2H3,(H,31,33)(H2,26,28,29)/b5-4-,17-10+. The summed E-state index contributed by atoms with van der Waals surface area (Å²) in [6.07, 6.45) is 16.1. The van der Waals surface area contributed by atoms with Gasteiger partial charge in [0.25, 0.3) is 0 Å². The van der Waals surface area contributed by atoms with Gasteiger partial charge in [0, 0.05) is 66.0 Å². The normalized spacial score (nSPS) is 15.2. The first-order valence-electron chi connectivity index (χ1n) is 10.5. The second kappa shape index (κ2) is 9.07. The first-order valence-corrected chi connectivity index (χ1v) is 10.5. The summed E-state index contributed by atoms with van der Waals surface area (Å²) >= 11 is 0. The molecular weight excluding hydrogens is 416 g/mol. The average Bonchev–Trinajstić information content (AvgIpc) is 3.20. The molecule has 168 valence electrons. The molecule has 1 aliphatic carbocycles. The zero-order valence-electron chi connectivity index (χ0n) is 18.4. The Balaban J connectivity index is 1.46. The van der Waals surface area contributed by atoms with E-state index in [-0.39, 0.29) is 11.9 Å². The average molecular weight is 443 g/mol. The van der Waals surface area contributed by atoms with Crippen molar-refractivity contribution in [3.8, 4) is 11.1 Å². The maximum atomic E-state index is 13.2. The van der Waals surface area contributed by atoms with Crippen LogP contribution in [0, 0.1) is 0 Å². The highest BCUT2D eigenvalue weighted by molar-refractivity contribution is 5.90. The van der Waals surface area contributed by atoms with Crippen molar-refractivity contribution < 1.29 is 4.79 Å². The molecule has 3 aromatic rings. The van der Waals surface area contributed by atoms with E-state index in [1.807, 2.05) is 25.4 Å². The number of carbonyl (C=O) groups excluding carboxylic acids is 1. The van der Waals surface area contributed by atoms with Crippen molar-refractivity contribution in [2.75, 3.05) is 5.73 Å². The van der Waals surface area contributed by atoms with Crippen molar-refractivity contribution in [2.45, 2.75) is 24.7 Å². The summed E-state index contributed by atoms with van der Waals surface area (Å²) < 4.78 is 1.70. The van der Waals surface area contributed by atoms with Crippen LogP contribution in [0.5, 0.6) is 0 Å². The SMILES string of the molecule is C=C(/C=C\C(=C/N)c1cnn(C)c1)NC(=O)C1(c2ccc(-c3cnc(N)nc3)cn2)CCC1. The van der Waals surface area contributed by atoms with Gasteiger partial charge in [0.1, 0.15) is 0 Å². The molecule has 0 aliphatic heterocycles. The van der Waals surface area contributed by atoms with Crippen LogP contribution in [-0.4, -0.2) is 30.6 Å². The third kappa shape index (κ3) is 4.52. The zero-order chi connectivity index (χ0) is 23.4. The van der Waals surface area contributed by atoms with Crippen LogP contribution in [0.3, 0.4) is 0 Å². The van der Waals surface area contributed by atoms with E-state index in [0.29, 0.717) is 5.70 Å². The van der Waals surface area contributed by atoms with Gasteiger partial charge in [-0.1, -0.05) is 25.1 Å². The minimum absolute atomic E-state index is 0.112. The molecule has 1 saturated carbocycles. The Morgan fingerprint density at radius 3 is 2.39 bits per heavy atom. The molecule has 0 spiro atoms. The molecule has 3 heterocycles. The number of carbonyl (C=O) groups is 1. The summed E-state index contributed by atoms with van der Waals surface area (Å²) in [6, 6.07) is 3.81. The zero-order valence-corrected chi connectivity index (χ0v) is 18.4. The summed E-state index contributed by atoms with van der Waals surface area (Å²) in [7, 11) is 1.84. The molecule has 0 saturated heterocycles. The number of nitrogen functional groups attached to an aromatic ring is 1. The number of aromatic nitrogens is 5. The van der Waals surface area contributed by atoms with Crippen molar-refractivity contribution in [2.24, 2.45) is 12.8 Å². The maximum Gasteiger partial charge on any atom is 0.236 e. The summed E-state index contributed by atoms with van der Waals surface area (Å²) in [5.41, 5.74) is 15.2. The lowest BCUT2D eigenvalue weighted by Gasteiger charge is -2.39. The Morgan fingerprint density at radius 2 is 1.85 bits per heavy atom. The predicted octanol–water partition coefficient (Wildman–Crippen LogP) is 2.46. The van der Waals surface area contributed by atoms with E-state index in [2.05, 4.69) is 31.9 Å². The molecule has 1 fully saturated rings. The lowest BCUT2D eigenvalue weighted by molar-refractivity contribution is -0.129. The second-order valence-corrected chi connectivity index (χ2v) is 8.04. The van der Waals surface area contributed by atoms with Gasteiger partial charge >= 0.3 is 0 Å². The van der Waals surface area contributed by atoms with Crippen LogP contribution in [-0.2, 0) is 17.3 Å². The number of rotatable bonds is 7. The molecule has 0 bridgehead atoms. The number of nitrogens with one attached hydrogen (secondary N) is 1. The number of anilines is 1. The number of hydrogen-bond acceptors (Lipinski definition) is 7. The van der Waals surface area contributed by atoms with Gasteiger partial charge in [0.2, 0.25) is 11.9 Å². The highest BCUT2D eigenvalue weighted by Gasteiger charge is 2.46. The molecule has 1 amide bonds. The van der Waals surface area contributed by atoms with Crippen molar-refractivity contribution in [1.29, 1.82) is 0 Å². The topological polar surface area (TPSA) is 138 Å². The summed E-state index contributed by atoms with van der Waals surface area (Å²) in [5, 5.41) is 7.08. The van der Waals surface area contributed by atoms with Crippen molar-refractivity contribution in [3.05, 3.63) is 85.0 Å². The van der Waals surface area contributed by atoms with E-state index < -0.39 is 5.41 Å². The highest BCUT2D eigenvalue weighted by Crippen LogP contribution is 2.43. The summed E-state index contributed by atoms with van der Waals surface area (Å²) in [5.74, 6) is 0.108. The van der Waals surface area contributed by atoms with Gasteiger partial charge in [-0.2, -0.15) is 5.10 Å². The van der Waals surface area contributed by atoms with Crippen LogP contribution >= 0.6 is 0 Å². The Bertz CT molecular complexity index is 1220. The maximum absolute atomic E-state index is 13.2. The molecule has 0 atom stereocenters. The van der Waals surface area contributed by atoms with E-state index in [1.54, 1.807) is 41.6 Å². The van der Waals surface area contributed by atoms with Gasteiger partial charge in [-0.3, -0.25) is 14.5 Å². The quantitative estimate of drug-likeness (QED) is 0.478. The van der Waals surface area contributed by atoms with Crippen LogP contribution < -0.4 is 16.8 Å². The molecular formula is C24H26N8O. The van der Waals surface area contributed by atoms with Crippen molar-refractivity contribution in [3.63, 3.8) is 0 Å². The first kappa shape index (κ1) is 21.9. The lowest BCUT2D eigenvalue weighted by Crippen LogP contribution is -2.49. The van der Waals surface area contributed by atoms with Crippen LogP contribution in [0.25, 0.3) is 16.7 Å². The van der Waals surface area contributed by atoms with Gasteiger partial charge in [-0.15, -0.1) is 0 Å². The van der Waals surface area contributed by atoms with E-state index in [1.165, 1.54) is 6.20 Å². The van der Waals surface area contributed by atoms with Crippen LogP contribution in [0.15, 0.2) is 73.7 Å². The Labute approximate surface area is 192 Å². The second-order valence-electron chi connectivity index (χ2n) is 8.04. The molecule has 5 N–H and O–H groups in total. The molecule has 9 heteroatoms. The Morgan fingerprint density at radius 1 is 1.12 bits per heavy atom. The molecule has 0 aromatic carbocycles. The molecule has 0 radical (unpaired) electrons. The molecule has 1 aliphatic rings. The smallest absolute Gasteiger partial charge is 0.236 e.